The molecule has 3 aromatic rings. The van der Waals surface area contributed by atoms with E-state index in [1.54, 1.807) is 24.4 Å². The molecule has 1 aromatic carbocycles. The Balaban J connectivity index is 1.71. The van der Waals surface area contributed by atoms with Crippen molar-refractivity contribution in [3.05, 3.63) is 58.7 Å². The van der Waals surface area contributed by atoms with Crippen LogP contribution in [-0.4, -0.2) is 21.0 Å². The van der Waals surface area contributed by atoms with Gasteiger partial charge in [0.05, 0.1) is 22.1 Å². The lowest BCUT2D eigenvalue weighted by Crippen LogP contribution is -2.08. The van der Waals surface area contributed by atoms with Gasteiger partial charge in [0, 0.05) is 23.3 Å². The molecule has 0 aliphatic heterocycles. The molecule has 2 aromatic heterocycles. The number of pyridine rings is 1. The molecular weight excluding hydrogens is 357 g/mol. The normalized spacial score (nSPS) is 13.5. The van der Waals surface area contributed by atoms with Crippen LogP contribution in [-0.2, 0) is 0 Å². The number of anilines is 3. The number of benzene rings is 1. The molecule has 0 amide bonds. The molecule has 0 radical (unpaired) electrons. The summed E-state index contributed by atoms with van der Waals surface area (Å²) in [5.41, 5.74) is 2.21. The molecule has 7 heteroatoms. The van der Waals surface area contributed by atoms with Gasteiger partial charge in [-0.05, 0) is 43.2 Å². The quantitative estimate of drug-likeness (QED) is 0.648. The lowest BCUT2D eigenvalue weighted by molar-refractivity contribution is 1.05. The average Bonchev–Trinajstić information content (AvgIpc) is 3.43. The number of hydrogen-bond acceptors (Lipinski definition) is 5. The third kappa shape index (κ3) is 4.00. The van der Waals surface area contributed by atoms with Crippen molar-refractivity contribution < 1.29 is 0 Å². The third-order valence-electron chi connectivity index (χ3n) is 3.76. The second kappa shape index (κ2) is 6.86. The summed E-state index contributed by atoms with van der Waals surface area (Å²) in [6, 6.07) is 13.3. The van der Waals surface area contributed by atoms with Gasteiger partial charge in [0.2, 0.25) is 5.95 Å². The smallest absolute Gasteiger partial charge is 0.225 e. The second-order valence-electron chi connectivity index (χ2n) is 5.84. The maximum absolute atomic E-state index is 6.24. The molecule has 4 rings (SSSR count). The minimum atomic E-state index is 0.446. The number of halogens is 2. The molecule has 2 heterocycles. The zero-order valence-electron chi connectivity index (χ0n) is 13.2. The highest BCUT2D eigenvalue weighted by atomic mass is 35.5. The first kappa shape index (κ1) is 16.1. The van der Waals surface area contributed by atoms with E-state index in [4.69, 9.17) is 23.2 Å². The Hall–Kier alpha value is -2.37. The summed E-state index contributed by atoms with van der Waals surface area (Å²) in [5.74, 6) is 1.20. The van der Waals surface area contributed by atoms with E-state index in [1.807, 2.05) is 24.3 Å². The van der Waals surface area contributed by atoms with Gasteiger partial charge in [0.25, 0.3) is 0 Å². The summed E-state index contributed by atoms with van der Waals surface area (Å²) in [4.78, 5) is 13.5. The van der Waals surface area contributed by atoms with Crippen LogP contribution in [0.15, 0.2) is 48.7 Å². The lowest BCUT2D eigenvalue weighted by atomic mass is 10.2. The number of nitrogens with zero attached hydrogens (tertiary/aromatic N) is 3. The molecule has 2 N–H and O–H groups in total. The summed E-state index contributed by atoms with van der Waals surface area (Å²) in [5, 5.41) is 7.72. The Morgan fingerprint density at radius 2 is 1.84 bits per heavy atom. The molecule has 0 saturated heterocycles. The van der Waals surface area contributed by atoms with Gasteiger partial charge >= 0.3 is 0 Å². The summed E-state index contributed by atoms with van der Waals surface area (Å²) in [6.45, 7) is 0. The topological polar surface area (TPSA) is 62.7 Å². The van der Waals surface area contributed by atoms with Crippen molar-refractivity contribution in [3.8, 4) is 11.4 Å². The Morgan fingerprint density at radius 3 is 2.60 bits per heavy atom. The van der Waals surface area contributed by atoms with E-state index in [-0.39, 0.29) is 0 Å². The van der Waals surface area contributed by atoms with Gasteiger partial charge in [-0.3, -0.25) is 4.98 Å². The molecule has 126 valence electrons. The van der Waals surface area contributed by atoms with E-state index in [1.165, 1.54) is 0 Å². The first-order chi connectivity index (χ1) is 12.2. The first-order valence-corrected chi connectivity index (χ1v) is 8.72. The van der Waals surface area contributed by atoms with Crippen LogP contribution >= 0.6 is 23.2 Å². The molecule has 25 heavy (non-hydrogen) atoms. The van der Waals surface area contributed by atoms with Crippen molar-refractivity contribution in [1.82, 2.24) is 15.0 Å². The predicted molar refractivity (Wildman–Crippen MR) is 102 cm³/mol. The van der Waals surface area contributed by atoms with E-state index >= 15 is 0 Å². The van der Waals surface area contributed by atoms with Crippen molar-refractivity contribution in [3.63, 3.8) is 0 Å². The fraction of sp³-hybridized carbons (Fsp3) is 0.167. The van der Waals surface area contributed by atoms with Gasteiger partial charge in [-0.15, -0.1) is 0 Å². The summed E-state index contributed by atoms with van der Waals surface area (Å²) in [7, 11) is 0. The highest BCUT2D eigenvalue weighted by molar-refractivity contribution is 6.35. The third-order valence-corrected chi connectivity index (χ3v) is 4.32. The standard InChI is InChI=1S/C18H15Cl2N5/c19-11-4-7-13(20)15(9-11)23-17-10-16(14-3-1-2-8-21-14)24-18(25-17)22-12-5-6-12/h1-4,7-10,12H,5-6H2,(H2,22,23,24,25). The molecule has 1 aliphatic rings. The maximum Gasteiger partial charge on any atom is 0.225 e. The number of hydrogen-bond donors (Lipinski definition) is 2. The monoisotopic (exact) mass is 371 g/mol. The van der Waals surface area contributed by atoms with Crippen molar-refractivity contribution >= 4 is 40.7 Å². The van der Waals surface area contributed by atoms with Crippen LogP contribution in [0.1, 0.15) is 12.8 Å². The lowest BCUT2D eigenvalue weighted by Gasteiger charge is -2.12. The van der Waals surface area contributed by atoms with Crippen molar-refractivity contribution in [2.24, 2.45) is 0 Å². The van der Waals surface area contributed by atoms with Gasteiger partial charge in [0.15, 0.2) is 0 Å². The van der Waals surface area contributed by atoms with Crippen LogP contribution in [0.5, 0.6) is 0 Å². The van der Waals surface area contributed by atoms with Crippen LogP contribution in [0.25, 0.3) is 11.4 Å². The molecule has 0 bridgehead atoms. The SMILES string of the molecule is Clc1ccc(Cl)c(Nc2cc(-c3ccccn3)nc(NC3CC3)n2)c1. The Morgan fingerprint density at radius 1 is 0.960 bits per heavy atom. The van der Waals surface area contributed by atoms with Crippen molar-refractivity contribution in [2.45, 2.75) is 18.9 Å². The van der Waals surface area contributed by atoms with Gasteiger partial charge in [0.1, 0.15) is 5.82 Å². The van der Waals surface area contributed by atoms with Gasteiger partial charge < -0.3 is 10.6 Å². The maximum atomic E-state index is 6.24. The second-order valence-corrected chi connectivity index (χ2v) is 6.69. The van der Waals surface area contributed by atoms with Gasteiger partial charge in [-0.25, -0.2) is 4.98 Å². The molecule has 0 atom stereocenters. The van der Waals surface area contributed by atoms with Crippen LogP contribution in [0.4, 0.5) is 17.5 Å². The minimum Gasteiger partial charge on any atom is -0.351 e. The molecular formula is C18H15Cl2N5. The zero-order chi connectivity index (χ0) is 17.2. The summed E-state index contributed by atoms with van der Waals surface area (Å²) in [6.07, 6.45) is 4.02. The van der Waals surface area contributed by atoms with E-state index in [2.05, 4.69) is 25.6 Å². The zero-order valence-corrected chi connectivity index (χ0v) is 14.7. The first-order valence-electron chi connectivity index (χ1n) is 7.96. The van der Waals surface area contributed by atoms with Crippen LogP contribution < -0.4 is 10.6 Å². The fourth-order valence-corrected chi connectivity index (χ4v) is 2.70. The van der Waals surface area contributed by atoms with E-state index in [0.29, 0.717) is 33.5 Å². The molecule has 1 aliphatic carbocycles. The number of aromatic nitrogens is 3. The molecule has 1 fully saturated rings. The molecule has 0 unspecified atom stereocenters. The summed E-state index contributed by atoms with van der Waals surface area (Å²) >= 11 is 12.3. The Bertz CT molecular complexity index is 897. The number of rotatable bonds is 5. The highest BCUT2D eigenvalue weighted by Crippen LogP contribution is 2.30. The molecule has 5 nitrogen and oxygen atoms in total. The van der Waals surface area contributed by atoms with E-state index in [9.17, 15) is 0 Å². The van der Waals surface area contributed by atoms with E-state index < -0.39 is 0 Å². The highest BCUT2D eigenvalue weighted by Gasteiger charge is 2.22. The van der Waals surface area contributed by atoms with Gasteiger partial charge in [-0.1, -0.05) is 29.3 Å². The van der Waals surface area contributed by atoms with E-state index in [0.717, 1.165) is 24.2 Å². The Labute approximate surface area is 155 Å². The summed E-state index contributed by atoms with van der Waals surface area (Å²) < 4.78 is 0. The largest absolute Gasteiger partial charge is 0.351 e. The molecule has 1 saturated carbocycles. The predicted octanol–water partition coefficient (Wildman–Crippen LogP) is 5.16. The molecule has 0 spiro atoms. The number of nitrogens with one attached hydrogen (secondary N) is 2. The van der Waals surface area contributed by atoms with Crippen molar-refractivity contribution in [1.29, 1.82) is 0 Å². The van der Waals surface area contributed by atoms with Gasteiger partial charge in [-0.2, -0.15) is 4.98 Å². The average molecular weight is 372 g/mol. The minimum absolute atomic E-state index is 0.446. The van der Waals surface area contributed by atoms with Crippen molar-refractivity contribution in [2.75, 3.05) is 10.6 Å². The van der Waals surface area contributed by atoms with Crippen LogP contribution in [0, 0.1) is 0 Å². The van der Waals surface area contributed by atoms with Crippen LogP contribution in [0.3, 0.4) is 0 Å². The fourth-order valence-electron chi connectivity index (χ4n) is 2.36. The van der Waals surface area contributed by atoms with Crippen LogP contribution in [0.2, 0.25) is 10.0 Å². The Kier molecular flexibility index (Phi) is 4.42.